The van der Waals surface area contributed by atoms with Crippen LogP contribution in [0.1, 0.15) is 18.9 Å². The first-order valence-electron chi connectivity index (χ1n) is 5.36. The molecule has 0 aliphatic carbocycles. The monoisotopic (exact) mass is 235 g/mol. The molecular weight excluding hydrogens is 222 g/mol. The summed E-state index contributed by atoms with van der Waals surface area (Å²) in [5.74, 6) is -0.496. The van der Waals surface area contributed by atoms with Crippen molar-refractivity contribution in [3.63, 3.8) is 0 Å². The first kappa shape index (κ1) is 11.4. The molecule has 1 aliphatic heterocycles. The molecule has 1 amide bonds. The van der Waals surface area contributed by atoms with E-state index >= 15 is 0 Å². The van der Waals surface area contributed by atoms with Crippen molar-refractivity contribution in [1.29, 1.82) is 0 Å². The number of amides is 1. The van der Waals surface area contributed by atoms with Gasteiger partial charge in [-0.3, -0.25) is 4.79 Å². The van der Waals surface area contributed by atoms with Crippen LogP contribution in [0.5, 0.6) is 5.75 Å². The van der Waals surface area contributed by atoms with Crippen LogP contribution in [-0.4, -0.2) is 23.1 Å². The summed E-state index contributed by atoms with van der Waals surface area (Å²) in [6.45, 7) is 1.44. The first-order valence-corrected chi connectivity index (χ1v) is 5.36. The summed E-state index contributed by atoms with van der Waals surface area (Å²) >= 11 is 0. The van der Waals surface area contributed by atoms with E-state index in [4.69, 9.17) is 9.84 Å². The van der Waals surface area contributed by atoms with Gasteiger partial charge < -0.3 is 15.2 Å². The summed E-state index contributed by atoms with van der Waals surface area (Å²) < 4.78 is 5.34. The van der Waals surface area contributed by atoms with Gasteiger partial charge in [0.15, 0.2) is 6.10 Å². The Hall–Kier alpha value is -2.04. The van der Waals surface area contributed by atoms with Gasteiger partial charge in [0.25, 0.3) is 0 Å². The van der Waals surface area contributed by atoms with Crippen molar-refractivity contribution < 1.29 is 19.4 Å². The maximum atomic E-state index is 10.9. The molecule has 1 aliphatic rings. The van der Waals surface area contributed by atoms with Crippen molar-refractivity contribution >= 4 is 17.6 Å². The number of anilines is 1. The Morgan fingerprint density at radius 1 is 1.47 bits per heavy atom. The molecule has 5 heteroatoms. The van der Waals surface area contributed by atoms with E-state index in [0.29, 0.717) is 24.3 Å². The van der Waals surface area contributed by atoms with Crippen molar-refractivity contribution in [3.05, 3.63) is 23.8 Å². The molecule has 1 heterocycles. The number of ether oxygens (including phenoxy) is 1. The van der Waals surface area contributed by atoms with Crippen LogP contribution in [0.2, 0.25) is 0 Å². The average molecular weight is 235 g/mol. The molecule has 0 saturated heterocycles. The highest BCUT2D eigenvalue weighted by atomic mass is 16.5. The maximum Gasteiger partial charge on any atom is 0.344 e. The first-order chi connectivity index (χ1) is 8.06. The highest BCUT2D eigenvalue weighted by Crippen LogP contribution is 2.30. The minimum absolute atomic E-state index is 0.134. The lowest BCUT2D eigenvalue weighted by molar-refractivity contribution is -0.145. The zero-order chi connectivity index (χ0) is 12.4. The Morgan fingerprint density at radius 3 is 2.88 bits per heavy atom. The highest BCUT2D eigenvalue weighted by Gasteiger charge is 2.25. The lowest BCUT2D eigenvalue weighted by Gasteiger charge is -2.23. The average Bonchev–Trinajstić information content (AvgIpc) is 2.27. The lowest BCUT2D eigenvalue weighted by atomic mass is 10.0. The van der Waals surface area contributed by atoms with E-state index in [-0.39, 0.29) is 5.91 Å². The molecule has 1 unspecified atom stereocenters. The molecule has 2 N–H and O–H groups in total. The fourth-order valence-corrected chi connectivity index (χ4v) is 1.84. The molecule has 2 rings (SSSR count). The zero-order valence-corrected chi connectivity index (χ0v) is 9.40. The van der Waals surface area contributed by atoms with Crippen LogP contribution < -0.4 is 10.1 Å². The lowest BCUT2D eigenvalue weighted by Crippen LogP contribution is -2.30. The van der Waals surface area contributed by atoms with Crippen LogP contribution in [0.3, 0.4) is 0 Å². The van der Waals surface area contributed by atoms with Crippen LogP contribution in [0.15, 0.2) is 18.2 Å². The summed E-state index contributed by atoms with van der Waals surface area (Å²) in [6, 6.07) is 5.20. The van der Waals surface area contributed by atoms with Crippen LogP contribution in [0.25, 0.3) is 0 Å². The minimum atomic E-state index is -0.943. The smallest absolute Gasteiger partial charge is 0.344 e. The van der Waals surface area contributed by atoms with Gasteiger partial charge in [-0.15, -0.1) is 0 Å². The molecule has 0 radical (unpaired) electrons. The Balaban J connectivity index is 2.19. The molecular formula is C12H13NO4. The van der Waals surface area contributed by atoms with Crippen LogP contribution in [-0.2, 0) is 16.0 Å². The summed E-state index contributed by atoms with van der Waals surface area (Å²) in [5.41, 5.74) is 1.63. The predicted octanol–water partition coefficient (Wildman–Crippen LogP) is 1.42. The maximum absolute atomic E-state index is 10.9. The molecule has 0 aromatic heterocycles. The topological polar surface area (TPSA) is 75.6 Å². The second-order valence-electron chi connectivity index (χ2n) is 3.99. The van der Waals surface area contributed by atoms with Gasteiger partial charge in [-0.25, -0.2) is 4.79 Å². The second-order valence-corrected chi connectivity index (χ2v) is 3.99. The summed E-state index contributed by atoms with van der Waals surface area (Å²) in [7, 11) is 0. The number of hydrogen-bond donors (Lipinski definition) is 2. The molecule has 0 saturated carbocycles. The molecule has 0 spiro atoms. The van der Waals surface area contributed by atoms with Crippen molar-refractivity contribution in [1.82, 2.24) is 0 Å². The van der Waals surface area contributed by atoms with E-state index in [1.807, 2.05) is 6.07 Å². The summed E-state index contributed by atoms with van der Waals surface area (Å²) in [6.07, 6.45) is 0.320. The molecule has 90 valence electrons. The normalized spacial score (nSPS) is 17.8. The quantitative estimate of drug-likeness (QED) is 0.812. The molecule has 5 nitrogen and oxygen atoms in total. The zero-order valence-electron chi connectivity index (χ0n) is 9.40. The number of benzene rings is 1. The van der Waals surface area contributed by atoms with E-state index in [0.717, 1.165) is 5.56 Å². The van der Waals surface area contributed by atoms with E-state index < -0.39 is 12.1 Å². The van der Waals surface area contributed by atoms with E-state index in [1.165, 1.54) is 6.92 Å². The molecule has 0 bridgehead atoms. The van der Waals surface area contributed by atoms with Gasteiger partial charge >= 0.3 is 5.97 Å². The van der Waals surface area contributed by atoms with Crippen molar-refractivity contribution in [2.75, 3.05) is 5.32 Å². The Labute approximate surface area is 98.4 Å². The van der Waals surface area contributed by atoms with Crippen molar-refractivity contribution in [2.45, 2.75) is 25.9 Å². The van der Waals surface area contributed by atoms with Crippen molar-refractivity contribution in [3.8, 4) is 5.75 Å². The Kier molecular flexibility index (Phi) is 2.99. The van der Waals surface area contributed by atoms with Crippen LogP contribution in [0.4, 0.5) is 5.69 Å². The number of aryl methyl sites for hydroxylation is 1. The fourth-order valence-electron chi connectivity index (χ4n) is 1.84. The number of nitrogens with one attached hydrogen (secondary N) is 1. The SMILES string of the molecule is CC(=O)Nc1ccc2c(c1)CCC(C(=O)O)O2. The standard InChI is InChI=1S/C12H13NO4/c1-7(14)13-9-3-5-10-8(6-9)2-4-11(17-10)12(15)16/h3,5-6,11H,2,4H2,1H3,(H,13,14)(H,15,16). The Bertz CT molecular complexity index is 470. The molecule has 1 aromatic rings. The predicted molar refractivity (Wildman–Crippen MR) is 61.1 cm³/mol. The number of hydrogen-bond acceptors (Lipinski definition) is 3. The van der Waals surface area contributed by atoms with Crippen molar-refractivity contribution in [2.24, 2.45) is 0 Å². The number of carboxylic acids is 1. The molecule has 1 aromatic carbocycles. The van der Waals surface area contributed by atoms with Crippen LogP contribution in [0, 0.1) is 0 Å². The van der Waals surface area contributed by atoms with Gasteiger partial charge in [0.1, 0.15) is 5.75 Å². The van der Waals surface area contributed by atoms with Gasteiger partial charge in [-0.1, -0.05) is 0 Å². The van der Waals surface area contributed by atoms with E-state index in [1.54, 1.807) is 12.1 Å². The van der Waals surface area contributed by atoms with Gasteiger partial charge in [0.05, 0.1) is 0 Å². The number of rotatable bonds is 2. The van der Waals surface area contributed by atoms with Crippen LogP contribution >= 0.6 is 0 Å². The van der Waals surface area contributed by atoms with Gasteiger partial charge in [-0.2, -0.15) is 0 Å². The second kappa shape index (κ2) is 4.45. The minimum Gasteiger partial charge on any atom is -0.479 e. The number of aliphatic carboxylic acids is 1. The van der Waals surface area contributed by atoms with Gasteiger partial charge in [0, 0.05) is 12.6 Å². The van der Waals surface area contributed by atoms with Gasteiger partial charge in [0.2, 0.25) is 5.91 Å². The third-order valence-corrected chi connectivity index (χ3v) is 2.60. The van der Waals surface area contributed by atoms with Gasteiger partial charge in [-0.05, 0) is 36.6 Å². The molecule has 1 atom stereocenters. The summed E-state index contributed by atoms with van der Waals surface area (Å²) in [4.78, 5) is 21.7. The third-order valence-electron chi connectivity index (χ3n) is 2.60. The molecule has 0 fully saturated rings. The highest BCUT2D eigenvalue weighted by molar-refractivity contribution is 5.88. The number of fused-ring (bicyclic) bond motifs is 1. The Morgan fingerprint density at radius 2 is 2.24 bits per heavy atom. The largest absolute Gasteiger partial charge is 0.479 e. The number of carbonyl (C=O) groups excluding carboxylic acids is 1. The number of carboxylic acid groups (broad SMARTS) is 1. The number of carbonyl (C=O) groups is 2. The third kappa shape index (κ3) is 2.55. The van der Waals surface area contributed by atoms with E-state index in [9.17, 15) is 9.59 Å². The van der Waals surface area contributed by atoms with E-state index in [2.05, 4.69) is 5.32 Å². The molecule has 17 heavy (non-hydrogen) atoms. The summed E-state index contributed by atoms with van der Waals surface area (Å²) in [5, 5.41) is 11.5. The fraction of sp³-hybridized carbons (Fsp3) is 0.333.